The molecule has 0 saturated heterocycles. The van der Waals surface area contributed by atoms with E-state index < -0.39 is 13.5 Å². The third-order valence-corrected chi connectivity index (χ3v) is 7.33. The van der Waals surface area contributed by atoms with E-state index in [0.29, 0.717) is 11.3 Å². The average Bonchev–Trinajstić information content (AvgIpc) is 2.90. The Hall–Kier alpha value is -3.41. The van der Waals surface area contributed by atoms with E-state index in [-0.39, 0.29) is 44.2 Å². The van der Waals surface area contributed by atoms with E-state index in [1.807, 2.05) is 60.7 Å². The molecule has 7 nitrogen and oxygen atoms in total. The maximum atomic E-state index is 13.2. The van der Waals surface area contributed by atoms with Crippen LogP contribution in [-0.2, 0) is 47.8 Å². The minimum absolute atomic E-state index is 0.0362. The zero-order chi connectivity index (χ0) is 25.8. The molecule has 2 atom stereocenters. The zero-order valence-electron chi connectivity index (χ0n) is 20.5. The number of ether oxygens (including phenoxy) is 2. The molecule has 8 heteroatoms. The van der Waals surface area contributed by atoms with E-state index in [9.17, 15) is 14.2 Å². The SMILES string of the molecule is COP(=O)(CC[C@@H](C)C(=O)OCc1ccccc1)Oc1cccc(CC(=O)OCc2ccccc2)c1. The normalized spacial score (nSPS) is 13.3. The number of esters is 2. The van der Waals surface area contributed by atoms with E-state index in [1.54, 1.807) is 31.2 Å². The fourth-order valence-electron chi connectivity index (χ4n) is 3.34. The van der Waals surface area contributed by atoms with Gasteiger partial charge in [0.2, 0.25) is 0 Å². The van der Waals surface area contributed by atoms with Crippen LogP contribution in [0.1, 0.15) is 30.0 Å². The van der Waals surface area contributed by atoms with E-state index >= 15 is 0 Å². The molecule has 0 N–H and O–H groups in total. The van der Waals surface area contributed by atoms with Crippen LogP contribution in [0.4, 0.5) is 0 Å². The Balaban J connectivity index is 1.49. The molecule has 0 spiro atoms. The molecule has 0 bridgehead atoms. The summed E-state index contributed by atoms with van der Waals surface area (Å²) in [7, 11) is -2.21. The second-order valence-corrected chi connectivity index (χ2v) is 10.6. The van der Waals surface area contributed by atoms with E-state index in [2.05, 4.69) is 0 Å². The van der Waals surface area contributed by atoms with Gasteiger partial charge in [-0.05, 0) is 35.2 Å². The van der Waals surface area contributed by atoms with Crippen molar-refractivity contribution in [3.63, 3.8) is 0 Å². The predicted octanol–water partition coefficient (Wildman–Crippen LogP) is 5.96. The Labute approximate surface area is 211 Å². The first-order chi connectivity index (χ1) is 17.4. The lowest BCUT2D eigenvalue weighted by atomic mass is 10.1. The van der Waals surface area contributed by atoms with Crippen LogP contribution in [-0.4, -0.2) is 25.2 Å². The maximum absolute atomic E-state index is 13.2. The average molecular weight is 511 g/mol. The molecule has 36 heavy (non-hydrogen) atoms. The van der Waals surface area contributed by atoms with Crippen LogP contribution in [0, 0.1) is 5.92 Å². The number of rotatable bonds is 13. The predicted molar refractivity (Wildman–Crippen MR) is 137 cm³/mol. The van der Waals surface area contributed by atoms with Crippen molar-refractivity contribution >= 4 is 19.5 Å². The summed E-state index contributed by atoms with van der Waals surface area (Å²) in [4.78, 5) is 24.6. The molecular weight excluding hydrogens is 479 g/mol. The number of hydrogen-bond donors (Lipinski definition) is 0. The topological polar surface area (TPSA) is 88.1 Å². The monoisotopic (exact) mass is 510 g/mol. The molecule has 0 aliphatic rings. The van der Waals surface area contributed by atoms with Gasteiger partial charge in [-0.1, -0.05) is 79.7 Å². The van der Waals surface area contributed by atoms with Crippen LogP contribution >= 0.6 is 7.60 Å². The van der Waals surface area contributed by atoms with Gasteiger partial charge in [0.1, 0.15) is 19.0 Å². The smallest absolute Gasteiger partial charge is 0.378 e. The Kier molecular flexibility index (Phi) is 10.3. The van der Waals surface area contributed by atoms with Gasteiger partial charge in [-0.15, -0.1) is 0 Å². The molecule has 0 heterocycles. The first kappa shape index (κ1) is 27.2. The number of benzene rings is 3. The van der Waals surface area contributed by atoms with Crippen molar-refractivity contribution in [1.82, 2.24) is 0 Å². The summed E-state index contributed by atoms with van der Waals surface area (Å²) >= 11 is 0. The highest BCUT2D eigenvalue weighted by atomic mass is 31.2. The summed E-state index contributed by atoms with van der Waals surface area (Å²) < 4.78 is 34.7. The van der Waals surface area contributed by atoms with E-state index in [0.717, 1.165) is 11.1 Å². The molecule has 1 unspecified atom stereocenters. The highest BCUT2D eigenvalue weighted by Gasteiger charge is 2.28. The van der Waals surface area contributed by atoms with Crippen molar-refractivity contribution < 1.29 is 32.7 Å². The largest absolute Gasteiger partial charge is 0.461 e. The minimum atomic E-state index is -3.52. The lowest BCUT2D eigenvalue weighted by molar-refractivity contribution is -0.149. The number of carbonyl (C=O) groups excluding carboxylic acids is 2. The molecule has 3 aromatic carbocycles. The molecule has 3 aromatic rings. The van der Waals surface area contributed by atoms with Gasteiger partial charge in [-0.2, -0.15) is 0 Å². The van der Waals surface area contributed by atoms with Crippen molar-refractivity contribution in [2.75, 3.05) is 13.3 Å². The highest BCUT2D eigenvalue weighted by Crippen LogP contribution is 2.48. The lowest BCUT2D eigenvalue weighted by Gasteiger charge is -2.19. The summed E-state index contributed by atoms with van der Waals surface area (Å²) in [6, 6.07) is 25.6. The molecule has 0 aliphatic heterocycles. The van der Waals surface area contributed by atoms with Crippen molar-refractivity contribution in [2.24, 2.45) is 5.92 Å². The van der Waals surface area contributed by atoms with Crippen LogP contribution in [0.2, 0.25) is 0 Å². The number of carbonyl (C=O) groups is 2. The highest BCUT2D eigenvalue weighted by molar-refractivity contribution is 7.54. The summed E-state index contributed by atoms with van der Waals surface area (Å²) in [5.41, 5.74) is 2.46. The van der Waals surface area contributed by atoms with Crippen LogP contribution in [0.25, 0.3) is 0 Å². The Bertz CT molecular complexity index is 1160. The first-order valence-electron chi connectivity index (χ1n) is 11.7. The van der Waals surface area contributed by atoms with Crippen molar-refractivity contribution in [3.05, 3.63) is 102 Å². The van der Waals surface area contributed by atoms with Gasteiger partial charge < -0.3 is 18.5 Å². The van der Waals surface area contributed by atoms with Gasteiger partial charge in [0.05, 0.1) is 18.5 Å². The lowest BCUT2D eigenvalue weighted by Crippen LogP contribution is -2.17. The summed E-state index contributed by atoms with van der Waals surface area (Å²) in [5.74, 6) is -0.925. The van der Waals surface area contributed by atoms with Gasteiger partial charge in [-0.25, -0.2) is 4.57 Å². The number of hydrogen-bond acceptors (Lipinski definition) is 7. The van der Waals surface area contributed by atoms with Crippen molar-refractivity contribution in [2.45, 2.75) is 33.0 Å². The van der Waals surface area contributed by atoms with Gasteiger partial charge in [0.25, 0.3) is 0 Å². The summed E-state index contributed by atoms with van der Waals surface area (Å²) in [6.45, 7) is 2.10. The molecule has 0 aromatic heterocycles. The molecule has 0 radical (unpaired) electrons. The molecule has 0 saturated carbocycles. The fourth-order valence-corrected chi connectivity index (χ4v) is 4.83. The molecule has 0 amide bonds. The Morgan fingerprint density at radius 2 is 1.39 bits per heavy atom. The second-order valence-electron chi connectivity index (χ2n) is 8.36. The summed E-state index contributed by atoms with van der Waals surface area (Å²) in [5, 5.41) is 0. The van der Waals surface area contributed by atoms with Crippen LogP contribution in [0.15, 0.2) is 84.9 Å². The van der Waals surface area contributed by atoms with E-state index in [1.165, 1.54) is 7.11 Å². The van der Waals surface area contributed by atoms with E-state index in [4.69, 9.17) is 18.5 Å². The molecule has 3 rings (SSSR count). The standard InChI is InChI=1S/C28H31O7P/c1-22(28(30)34-21-24-12-7-4-8-13-24)16-17-36(31,32-2)35-26-15-9-14-25(18-26)19-27(29)33-20-23-10-5-3-6-11-23/h3-15,18,22H,16-17,19-21H2,1-2H3/t22-,36?/m1/s1. The van der Waals surface area contributed by atoms with Gasteiger partial charge in [0.15, 0.2) is 0 Å². The second kappa shape index (κ2) is 13.6. The summed E-state index contributed by atoms with van der Waals surface area (Å²) in [6.07, 6.45) is 0.351. The molecule has 0 fully saturated rings. The molecular formula is C28H31O7P. The maximum Gasteiger partial charge on any atom is 0.378 e. The fraction of sp³-hybridized carbons (Fsp3) is 0.286. The van der Waals surface area contributed by atoms with Crippen LogP contribution < -0.4 is 4.52 Å². The first-order valence-corrected chi connectivity index (χ1v) is 13.4. The Morgan fingerprint density at radius 1 is 0.806 bits per heavy atom. The van der Waals surface area contributed by atoms with Crippen LogP contribution in [0.3, 0.4) is 0 Å². The zero-order valence-corrected chi connectivity index (χ0v) is 21.4. The van der Waals surface area contributed by atoms with Crippen molar-refractivity contribution in [1.29, 1.82) is 0 Å². The third-order valence-electron chi connectivity index (χ3n) is 5.47. The Morgan fingerprint density at radius 3 is 2.00 bits per heavy atom. The van der Waals surface area contributed by atoms with Crippen molar-refractivity contribution in [3.8, 4) is 5.75 Å². The van der Waals surface area contributed by atoms with Gasteiger partial charge in [0, 0.05) is 7.11 Å². The van der Waals surface area contributed by atoms with Crippen LogP contribution in [0.5, 0.6) is 5.75 Å². The minimum Gasteiger partial charge on any atom is -0.461 e. The van der Waals surface area contributed by atoms with Gasteiger partial charge in [-0.3, -0.25) is 9.59 Å². The molecule has 190 valence electrons. The third kappa shape index (κ3) is 8.99. The van der Waals surface area contributed by atoms with Gasteiger partial charge >= 0.3 is 19.5 Å². The quantitative estimate of drug-likeness (QED) is 0.207. The molecule has 0 aliphatic carbocycles.